The molecule has 5 nitrogen and oxygen atoms in total. The van der Waals surface area contributed by atoms with Crippen molar-refractivity contribution in [2.75, 3.05) is 5.32 Å². The molecule has 1 aliphatic carbocycles. The third-order valence-corrected chi connectivity index (χ3v) is 2.48. The molecule has 0 bridgehead atoms. The molecule has 1 aromatic rings. The summed E-state index contributed by atoms with van der Waals surface area (Å²) in [5.74, 6) is -5.04. The normalized spacial score (nSPS) is 20.8. The molecule has 1 aromatic heterocycles. The SMILES string of the molecule is O=C(Nc1cc(B(O)O)ccn1)C1CC1(F)F. The van der Waals surface area contributed by atoms with Crippen LogP contribution in [0.2, 0.25) is 0 Å². The second kappa shape index (κ2) is 4.04. The van der Waals surface area contributed by atoms with Crippen LogP contribution in [0.3, 0.4) is 0 Å². The highest BCUT2D eigenvalue weighted by Crippen LogP contribution is 2.48. The van der Waals surface area contributed by atoms with Crippen LogP contribution in [0.1, 0.15) is 6.42 Å². The van der Waals surface area contributed by atoms with Gasteiger partial charge in [-0.15, -0.1) is 0 Å². The van der Waals surface area contributed by atoms with E-state index in [1.807, 2.05) is 0 Å². The van der Waals surface area contributed by atoms with E-state index in [0.29, 0.717) is 0 Å². The number of pyridine rings is 1. The summed E-state index contributed by atoms with van der Waals surface area (Å²) in [6.45, 7) is 0. The molecule has 0 radical (unpaired) electrons. The standard InChI is InChI=1S/C9H9BF2N2O3/c11-9(12)4-6(9)8(15)14-7-3-5(10(16)17)1-2-13-7/h1-3,6,16-17H,4H2,(H,13,14,15). The highest BCUT2D eigenvalue weighted by Gasteiger charge is 2.61. The number of nitrogens with zero attached hydrogens (tertiary/aromatic N) is 1. The first kappa shape index (κ1) is 11.9. The predicted molar refractivity (Wildman–Crippen MR) is 55.7 cm³/mol. The van der Waals surface area contributed by atoms with Crippen LogP contribution < -0.4 is 10.8 Å². The summed E-state index contributed by atoms with van der Waals surface area (Å²) in [4.78, 5) is 15.0. The lowest BCUT2D eigenvalue weighted by molar-refractivity contribution is -0.119. The fourth-order valence-electron chi connectivity index (χ4n) is 1.39. The van der Waals surface area contributed by atoms with Gasteiger partial charge in [0.15, 0.2) is 0 Å². The van der Waals surface area contributed by atoms with Crippen molar-refractivity contribution in [1.82, 2.24) is 4.98 Å². The summed E-state index contributed by atoms with van der Waals surface area (Å²) >= 11 is 0. The lowest BCUT2D eigenvalue weighted by Gasteiger charge is -2.05. The minimum absolute atomic E-state index is 0.0169. The number of nitrogens with one attached hydrogen (secondary N) is 1. The quantitative estimate of drug-likeness (QED) is 0.615. The molecule has 1 amide bonds. The molecule has 1 heterocycles. The lowest BCUT2D eigenvalue weighted by Crippen LogP contribution is -2.30. The van der Waals surface area contributed by atoms with Gasteiger partial charge < -0.3 is 15.4 Å². The van der Waals surface area contributed by atoms with Gasteiger partial charge >= 0.3 is 7.12 Å². The summed E-state index contributed by atoms with van der Waals surface area (Å²) in [5.41, 5.74) is 0.123. The van der Waals surface area contributed by atoms with Crippen LogP contribution in [0.25, 0.3) is 0 Å². The van der Waals surface area contributed by atoms with Gasteiger partial charge in [-0.3, -0.25) is 4.79 Å². The Labute approximate surface area is 95.6 Å². The molecular formula is C9H9BF2N2O3. The minimum atomic E-state index is -2.93. The topological polar surface area (TPSA) is 82.5 Å². The van der Waals surface area contributed by atoms with Crippen molar-refractivity contribution in [1.29, 1.82) is 0 Å². The van der Waals surface area contributed by atoms with Gasteiger partial charge in [-0.05, 0) is 17.6 Å². The molecule has 3 N–H and O–H groups in total. The lowest BCUT2D eigenvalue weighted by atomic mass is 9.81. The molecule has 1 saturated carbocycles. The first-order chi connectivity index (χ1) is 7.90. The number of rotatable bonds is 3. The molecule has 1 fully saturated rings. The Bertz CT molecular complexity index is 456. The maximum atomic E-state index is 12.6. The van der Waals surface area contributed by atoms with E-state index in [4.69, 9.17) is 10.0 Å². The molecule has 0 aliphatic heterocycles. The smallest absolute Gasteiger partial charge is 0.423 e. The van der Waals surface area contributed by atoms with Crippen LogP contribution in [0.4, 0.5) is 14.6 Å². The fourth-order valence-corrected chi connectivity index (χ4v) is 1.39. The van der Waals surface area contributed by atoms with Gasteiger partial charge in [-0.25, -0.2) is 13.8 Å². The molecule has 1 unspecified atom stereocenters. The minimum Gasteiger partial charge on any atom is -0.423 e. The number of hydrogen-bond donors (Lipinski definition) is 3. The van der Waals surface area contributed by atoms with E-state index in [1.54, 1.807) is 0 Å². The van der Waals surface area contributed by atoms with Crippen molar-refractivity contribution in [3.63, 3.8) is 0 Å². The van der Waals surface area contributed by atoms with Gasteiger partial charge in [0.2, 0.25) is 5.91 Å². The van der Waals surface area contributed by atoms with Crippen molar-refractivity contribution in [3.8, 4) is 0 Å². The van der Waals surface area contributed by atoms with E-state index in [2.05, 4.69) is 10.3 Å². The highest BCUT2D eigenvalue weighted by atomic mass is 19.3. The van der Waals surface area contributed by atoms with Crippen LogP contribution in [-0.2, 0) is 4.79 Å². The maximum absolute atomic E-state index is 12.6. The third-order valence-electron chi connectivity index (χ3n) is 2.48. The zero-order chi connectivity index (χ0) is 12.6. The van der Waals surface area contributed by atoms with Crippen LogP contribution in [0.5, 0.6) is 0 Å². The molecular weight excluding hydrogens is 233 g/mol. The average Bonchev–Trinajstić information content (AvgIpc) is 2.88. The summed E-state index contributed by atoms with van der Waals surface area (Å²) in [6.07, 6.45) is 0.788. The first-order valence-electron chi connectivity index (χ1n) is 4.91. The summed E-state index contributed by atoms with van der Waals surface area (Å²) in [6, 6.07) is 2.55. The van der Waals surface area contributed by atoms with E-state index in [-0.39, 0.29) is 11.3 Å². The molecule has 17 heavy (non-hydrogen) atoms. The van der Waals surface area contributed by atoms with E-state index >= 15 is 0 Å². The van der Waals surface area contributed by atoms with Crippen LogP contribution in [0.15, 0.2) is 18.3 Å². The highest BCUT2D eigenvalue weighted by molar-refractivity contribution is 6.58. The van der Waals surface area contributed by atoms with Crippen LogP contribution in [0, 0.1) is 5.92 Å². The van der Waals surface area contributed by atoms with Crippen molar-refractivity contribution in [2.24, 2.45) is 5.92 Å². The molecule has 8 heteroatoms. The van der Waals surface area contributed by atoms with Gasteiger partial charge in [0.05, 0.1) is 0 Å². The predicted octanol–water partition coefficient (Wildman–Crippen LogP) is -0.645. The molecule has 1 aliphatic rings. The van der Waals surface area contributed by atoms with Crippen molar-refractivity contribution >= 4 is 24.3 Å². The maximum Gasteiger partial charge on any atom is 0.488 e. The van der Waals surface area contributed by atoms with E-state index in [0.717, 1.165) is 0 Å². The average molecular weight is 242 g/mol. The van der Waals surface area contributed by atoms with E-state index in [9.17, 15) is 13.6 Å². The molecule has 1 atom stereocenters. The van der Waals surface area contributed by atoms with Crippen molar-refractivity contribution in [3.05, 3.63) is 18.3 Å². The monoisotopic (exact) mass is 242 g/mol. The number of alkyl halides is 2. The van der Waals surface area contributed by atoms with Crippen LogP contribution in [-0.4, -0.2) is 34.0 Å². The molecule has 0 spiro atoms. The summed E-state index contributed by atoms with van der Waals surface area (Å²) < 4.78 is 25.2. The van der Waals surface area contributed by atoms with Gasteiger partial charge in [0.1, 0.15) is 11.7 Å². The number of halogens is 2. The van der Waals surface area contributed by atoms with Crippen molar-refractivity contribution < 1.29 is 23.6 Å². The summed E-state index contributed by atoms with van der Waals surface area (Å²) in [5, 5.41) is 20.0. The number of amides is 1. The zero-order valence-corrected chi connectivity index (χ0v) is 8.60. The van der Waals surface area contributed by atoms with Crippen LogP contribution >= 0.6 is 0 Å². The largest absolute Gasteiger partial charge is 0.488 e. The van der Waals surface area contributed by atoms with Gasteiger partial charge in [0.25, 0.3) is 5.92 Å². The molecule has 90 valence electrons. The molecule has 2 rings (SSSR count). The number of hydrogen-bond acceptors (Lipinski definition) is 4. The zero-order valence-electron chi connectivity index (χ0n) is 8.60. The van der Waals surface area contributed by atoms with E-state index in [1.165, 1.54) is 18.3 Å². The molecule has 0 aromatic carbocycles. The Morgan fingerprint density at radius 1 is 1.59 bits per heavy atom. The third kappa shape index (κ3) is 2.59. The Hall–Kier alpha value is -1.54. The van der Waals surface area contributed by atoms with E-state index < -0.39 is 31.3 Å². The summed E-state index contributed by atoms with van der Waals surface area (Å²) in [7, 11) is -1.70. The fraction of sp³-hybridized carbons (Fsp3) is 0.333. The Balaban J connectivity index is 2.04. The second-order valence-corrected chi connectivity index (χ2v) is 3.86. The Morgan fingerprint density at radius 2 is 2.24 bits per heavy atom. The first-order valence-corrected chi connectivity index (χ1v) is 4.91. The number of anilines is 1. The second-order valence-electron chi connectivity index (χ2n) is 3.86. The van der Waals surface area contributed by atoms with Gasteiger partial charge in [-0.1, -0.05) is 0 Å². The van der Waals surface area contributed by atoms with Gasteiger partial charge in [-0.2, -0.15) is 0 Å². The van der Waals surface area contributed by atoms with Gasteiger partial charge in [0, 0.05) is 12.6 Å². The Kier molecular flexibility index (Phi) is 2.84. The number of carbonyl (C=O) groups excluding carboxylic acids is 1. The molecule has 0 saturated heterocycles. The van der Waals surface area contributed by atoms with Crippen molar-refractivity contribution in [2.45, 2.75) is 12.3 Å². The number of carbonyl (C=O) groups is 1. The number of aromatic nitrogens is 1. The Morgan fingerprint density at radius 3 is 2.76 bits per heavy atom.